The average Bonchev–Trinajstić information content (AvgIpc) is 2.53. The number of hydrogen-bond acceptors (Lipinski definition) is 3. The van der Waals surface area contributed by atoms with Gasteiger partial charge in [0, 0.05) is 12.6 Å². The van der Waals surface area contributed by atoms with E-state index < -0.39 is 5.97 Å². The SMILES string of the molecule is O=C([O-])CCCCCCCCCCCCCCCCCCCO. The van der Waals surface area contributed by atoms with Crippen molar-refractivity contribution in [3.8, 4) is 0 Å². The minimum absolute atomic E-state index is 0.225. The first-order valence-corrected chi connectivity index (χ1v) is 10.1. The lowest BCUT2D eigenvalue weighted by Gasteiger charge is -2.04. The third kappa shape index (κ3) is 21.4. The highest BCUT2D eigenvalue weighted by molar-refractivity contribution is 5.63. The first-order chi connectivity index (χ1) is 11.3. The van der Waals surface area contributed by atoms with Gasteiger partial charge in [0.15, 0.2) is 0 Å². The van der Waals surface area contributed by atoms with Crippen molar-refractivity contribution in [1.29, 1.82) is 0 Å². The molecule has 0 heterocycles. The van der Waals surface area contributed by atoms with Crippen molar-refractivity contribution in [3.05, 3.63) is 0 Å². The fourth-order valence-corrected chi connectivity index (χ4v) is 3.03. The molecule has 0 fully saturated rings. The summed E-state index contributed by atoms with van der Waals surface area (Å²) in [6.45, 7) is 0.350. The monoisotopic (exact) mass is 327 g/mol. The maximum atomic E-state index is 10.3. The van der Waals surface area contributed by atoms with Crippen LogP contribution in [0.2, 0.25) is 0 Å². The number of hydrogen-bond donors (Lipinski definition) is 1. The number of aliphatic hydroxyl groups excluding tert-OH is 1. The zero-order valence-electron chi connectivity index (χ0n) is 15.2. The predicted molar refractivity (Wildman–Crippen MR) is 95.2 cm³/mol. The van der Waals surface area contributed by atoms with Crippen LogP contribution >= 0.6 is 0 Å². The van der Waals surface area contributed by atoms with Crippen molar-refractivity contribution in [2.24, 2.45) is 0 Å². The number of carboxylic acid groups (broad SMARTS) is 1. The fraction of sp³-hybridized carbons (Fsp3) is 0.950. The van der Waals surface area contributed by atoms with Crippen molar-refractivity contribution in [3.63, 3.8) is 0 Å². The van der Waals surface area contributed by atoms with Crippen LogP contribution < -0.4 is 5.11 Å². The van der Waals surface area contributed by atoms with E-state index in [4.69, 9.17) is 5.11 Å². The highest BCUT2D eigenvalue weighted by atomic mass is 16.4. The van der Waals surface area contributed by atoms with Crippen LogP contribution in [0.5, 0.6) is 0 Å². The van der Waals surface area contributed by atoms with Crippen molar-refractivity contribution in [1.82, 2.24) is 0 Å². The van der Waals surface area contributed by atoms with Gasteiger partial charge >= 0.3 is 0 Å². The summed E-state index contributed by atoms with van der Waals surface area (Å²) in [5, 5.41) is 18.9. The molecule has 0 saturated heterocycles. The predicted octanol–water partition coefficient (Wildman–Crippen LogP) is 4.75. The number of carboxylic acids is 1. The van der Waals surface area contributed by atoms with E-state index in [2.05, 4.69) is 0 Å². The van der Waals surface area contributed by atoms with Gasteiger partial charge in [-0.3, -0.25) is 0 Å². The van der Waals surface area contributed by atoms with Crippen molar-refractivity contribution in [2.45, 2.75) is 116 Å². The number of unbranched alkanes of at least 4 members (excludes halogenated alkanes) is 16. The molecule has 0 saturated carbocycles. The van der Waals surface area contributed by atoms with Gasteiger partial charge < -0.3 is 15.0 Å². The van der Waals surface area contributed by atoms with Crippen LogP contribution in [0.1, 0.15) is 116 Å². The van der Waals surface area contributed by atoms with Crippen LogP contribution in [0.4, 0.5) is 0 Å². The van der Waals surface area contributed by atoms with E-state index in [0.717, 1.165) is 19.3 Å². The molecule has 0 aromatic heterocycles. The minimum Gasteiger partial charge on any atom is -0.550 e. The molecule has 0 aromatic carbocycles. The van der Waals surface area contributed by atoms with Gasteiger partial charge in [-0.1, -0.05) is 96.3 Å². The average molecular weight is 328 g/mol. The van der Waals surface area contributed by atoms with Gasteiger partial charge in [-0.25, -0.2) is 0 Å². The minimum atomic E-state index is -0.910. The summed E-state index contributed by atoms with van der Waals surface area (Å²) >= 11 is 0. The first-order valence-electron chi connectivity index (χ1n) is 10.1. The molecule has 3 nitrogen and oxygen atoms in total. The number of carbonyl (C=O) groups excluding carboxylic acids is 1. The Labute approximate surface area is 143 Å². The van der Waals surface area contributed by atoms with E-state index in [1.54, 1.807) is 0 Å². The molecule has 3 heteroatoms. The molecule has 0 aliphatic rings. The van der Waals surface area contributed by atoms with E-state index in [-0.39, 0.29) is 6.42 Å². The third-order valence-electron chi connectivity index (χ3n) is 4.54. The van der Waals surface area contributed by atoms with E-state index in [0.29, 0.717) is 6.61 Å². The van der Waals surface area contributed by atoms with Crippen molar-refractivity contribution >= 4 is 5.97 Å². The summed E-state index contributed by atoms with van der Waals surface area (Å²) in [5.74, 6) is -0.910. The van der Waals surface area contributed by atoms with E-state index in [1.165, 1.54) is 89.9 Å². The Bertz CT molecular complexity index is 241. The molecule has 23 heavy (non-hydrogen) atoms. The first kappa shape index (κ1) is 22.4. The van der Waals surface area contributed by atoms with Gasteiger partial charge in [0.1, 0.15) is 0 Å². The molecule has 0 spiro atoms. The van der Waals surface area contributed by atoms with Crippen LogP contribution in [-0.4, -0.2) is 17.7 Å². The Morgan fingerprint density at radius 2 is 0.783 bits per heavy atom. The summed E-state index contributed by atoms with van der Waals surface area (Å²) < 4.78 is 0. The summed E-state index contributed by atoms with van der Waals surface area (Å²) in [4.78, 5) is 10.3. The zero-order chi connectivity index (χ0) is 17.0. The Morgan fingerprint density at radius 1 is 0.522 bits per heavy atom. The Morgan fingerprint density at radius 3 is 1.04 bits per heavy atom. The van der Waals surface area contributed by atoms with Crippen LogP contribution in [0, 0.1) is 0 Å². The highest BCUT2D eigenvalue weighted by Crippen LogP contribution is 2.14. The summed E-state index contributed by atoms with van der Waals surface area (Å²) in [6, 6.07) is 0. The van der Waals surface area contributed by atoms with Gasteiger partial charge in [0.05, 0.1) is 0 Å². The quantitative estimate of drug-likeness (QED) is 0.348. The highest BCUT2D eigenvalue weighted by Gasteiger charge is 1.95. The Balaban J connectivity index is 2.96. The standard InChI is InChI=1S/C20H40O3/c21-19-17-15-13-11-9-7-5-3-1-2-4-6-8-10-12-14-16-18-20(22)23/h21H,1-19H2,(H,22,23)/p-1. The fourth-order valence-electron chi connectivity index (χ4n) is 3.03. The summed E-state index contributed by atoms with van der Waals surface area (Å²) in [6.07, 6.45) is 21.5. The second kappa shape index (κ2) is 19.5. The maximum absolute atomic E-state index is 10.3. The van der Waals surface area contributed by atoms with Gasteiger partial charge in [0.25, 0.3) is 0 Å². The molecule has 0 aromatic rings. The van der Waals surface area contributed by atoms with Crippen LogP contribution in [0.3, 0.4) is 0 Å². The van der Waals surface area contributed by atoms with Crippen LogP contribution in [0.15, 0.2) is 0 Å². The van der Waals surface area contributed by atoms with E-state index >= 15 is 0 Å². The lowest BCUT2D eigenvalue weighted by atomic mass is 10.0. The maximum Gasteiger partial charge on any atom is 0.0431 e. The molecule has 0 radical (unpaired) electrons. The number of rotatable bonds is 19. The molecule has 0 unspecified atom stereocenters. The second-order valence-corrected chi connectivity index (χ2v) is 6.86. The second-order valence-electron chi connectivity index (χ2n) is 6.86. The molecule has 0 aliphatic heterocycles. The normalized spacial score (nSPS) is 11.0. The van der Waals surface area contributed by atoms with Gasteiger partial charge in [-0.05, 0) is 19.3 Å². The molecule has 0 amide bonds. The molecular formula is C20H39O3-. The van der Waals surface area contributed by atoms with Gasteiger partial charge in [-0.15, -0.1) is 0 Å². The number of aliphatic hydroxyl groups is 1. The largest absolute Gasteiger partial charge is 0.550 e. The van der Waals surface area contributed by atoms with Crippen LogP contribution in [-0.2, 0) is 4.79 Å². The third-order valence-corrected chi connectivity index (χ3v) is 4.54. The van der Waals surface area contributed by atoms with Gasteiger partial charge in [-0.2, -0.15) is 0 Å². The molecule has 0 aliphatic carbocycles. The van der Waals surface area contributed by atoms with E-state index in [9.17, 15) is 9.90 Å². The molecule has 0 bridgehead atoms. The van der Waals surface area contributed by atoms with Crippen molar-refractivity contribution in [2.75, 3.05) is 6.61 Å². The Hall–Kier alpha value is -0.570. The molecule has 138 valence electrons. The van der Waals surface area contributed by atoms with Crippen molar-refractivity contribution < 1.29 is 15.0 Å². The van der Waals surface area contributed by atoms with Crippen LogP contribution in [0.25, 0.3) is 0 Å². The zero-order valence-corrected chi connectivity index (χ0v) is 15.2. The molecule has 0 rings (SSSR count). The summed E-state index contributed by atoms with van der Waals surface area (Å²) in [7, 11) is 0. The Kier molecular flexibility index (Phi) is 19.0. The summed E-state index contributed by atoms with van der Waals surface area (Å²) in [5.41, 5.74) is 0. The smallest absolute Gasteiger partial charge is 0.0431 e. The molecular weight excluding hydrogens is 288 g/mol. The molecule has 0 atom stereocenters. The number of carbonyl (C=O) groups is 1. The topological polar surface area (TPSA) is 60.4 Å². The van der Waals surface area contributed by atoms with E-state index in [1.807, 2.05) is 0 Å². The van der Waals surface area contributed by atoms with Gasteiger partial charge in [0.2, 0.25) is 0 Å². The molecule has 1 N–H and O–H groups in total. The lowest BCUT2D eigenvalue weighted by Crippen LogP contribution is -2.21. The number of aliphatic carboxylic acids is 1. The lowest BCUT2D eigenvalue weighted by molar-refractivity contribution is -0.305.